The molecule has 0 atom stereocenters. The van der Waals surface area contributed by atoms with Crippen LogP contribution < -0.4 is 21.7 Å². The fraction of sp³-hybridized carbons (Fsp3) is 0.300. The SMILES string of the molecule is CNc1cnccc1C(=O)NCCNC(N)=O. The predicted octanol–water partition coefficient (Wildman–Crippen LogP) is -0.479. The van der Waals surface area contributed by atoms with E-state index in [1.807, 2.05) is 0 Å². The molecular weight excluding hydrogens is 222 g/mol. The molecule has 17 heavy (non-hydrogen) atoms. The first-order valence-electron chi connectivity index (χ1n) is 5.08. The maximum Gasteiger partial charge on any atom is 0.312 e. The average Bonchev–Trinajstić information content (AvgIpc) is 2.34. The first kappa shape index (κ1) is 12.8. The topological polar surface area (TPSA) is 109 Å². The van der Waals surface area contributed by atoms with Crippen molar-refractivity contribution in [2.45, 2.75) is 0 Å². The van der Waals surface area contributed by atoms with Gasteiger partial charge in [0.1, 0.15) is 0 Å². The highest BCUT2D eigenvalue weighted by molar-refractivity contribution is 5.99. The van der Waals surface area contributed by atoms with E-state index >= 15 is 0 Å². The summed E-state index contributed by atoms with van der Waals surface area (Å²) in [5.41, 5.74) is 6.03. The Hall–Kier alpha value is -2.31. The Morgan fingerprint density at radius 1 is 1.35 bits per heavy atom. The number of carbonyl (C=O) groups excluding carboxylic acids is 2. The zero-order valence-electron chi connectivity index (χ0n) is 9.49. The lowest BCUT2D eigenvalue weighted by Crippen LogP contribution is -2.37. The number of primary amides is 1. The largest absolute Gasteiger partial charge is 0.386 e. The van der Waals surface area contributed by atoms with Gasteiger partial charge in [-0.2, -0.15) is 0 Å². The van der Waals surface area contributed by atoms with Crippen LogP contribution in [0.25, 0.3) is 0 Å². The molecule has 5 N–H and O–H groups in total. The molecule has 0 aliphatic carbocycles. The van der Waals surface area contributed by atoms with Crippen LogP contribution in [-0.4, -0.2) is 37.1 Å². The molecule has 7 nitrogen and oxygen atoms in total. The number of aromatic nitrogens is 1. The average molecular weight is 237 g/mol. The fourth-order valence-electron chi connectivity index (χ4n) is 1.25. The third kappa shape index (κ3) is 3.98. The Kier molecular flexibility index (Phi) is 4.74. The Morgan fingerprint density at radius 2 is 2.06 bits per heavy atom. The molecule has 0 unspecified atom stereocenters. The second-order valence-corrected chi connectivity index (χ2v) is 3.22. The Bertz CT molecular complexity index is 407. The van der Waals surface area contributed by atoms with E-state index in [1.165, 1.54) is 6.20 Å². The quantitative estimate of drug-likeness (QED) is 0.518. The molecule has 7 heteroatoms. The van der Waals surface area contributed by atoms with Crippen LogP contribution in [-0.2, 0) is 0 Å². The van der Waals surface area contributed by atoms with E-state index in [2.05, 4.69) is 20.9 Å². The molecule has 0 saturated heterocycles. The summed E-state index contributed by atoms with van der Waals surface area (Å²) in [6.07, 6.45) is 3.11. The van der Waals surface area contributed by atoms with Gasteiger partial charge in [-0.05, 0) is 6.07 Å². The van der Waals surface area contributed by atoms with Crippen LogP contribution in [0.3, 0.4) is 0 Å². The van der Waals surface area contributed by atoms with E-state index in [1.54, 1.807) is 19.3 Å². The van der Waals surface area contributed by atoms with Gasteiger partial charge in [0.05, 0.1) is 17.4 Å². The van der Waals surface area contributed by atoms with Crippen LogP contribution in [0.2, 0.25) is 0 Å². The fourth-order valence-corrected chi connectivity index (χ4v) is 1.25. The van der Waals surface area contributed by atoms with Gasteiger partial charge in [0.25, 0.3) is 5.91 Å². The van der Waals surface area contributed by atoms with Gasteiger partial charge < -0.3 is 21.7 Å². The number of hydrogen-bond donors (Lipinski definition) is 4. The molecule has 1 aromatic rings. The van der Waals surface area contributed by atoms with Gasteiger partial charge in [-0.25, -0.2) is 4.79 Å². The van der Waals surface area contributed by atoms with Crippen molar-refractivity contribution in [1.82, 2.24) is 15.6 Å². The molecule has 3 amide bonds. The van der Waals surface area contributed by atoms with Crippen LogP contribution in [0, 0.1) is 0 Å². The molecule has 0 aliphatic rings. The van der Waals surface area contributed by atoms with E-state index in [-0.39, 0.29) is 5.91 Å². The number of nitrogens with zero attached hydrogens (tertiary/aromatic N) is 1. The Balaban J connectivity index is 2.49. The van der Waals surface area contributed by atoms with E-state index in [0.29, 0.717) is 24.3 Å². The minimum Gasteiger partial charge on any atom is -0.386 e. The van der Waals surface area contributed by atoms with Crippen LogP contribution in [0.5, 0.6) is 0 Å². The molecule has 0 saturated carbocycles. The van der Waals surface area contributed by atoms with Crippen LogP contribution in [0.1, 0.15) is 10.4 Å². The van der Waals surface area contributed by atoms with Crippen LogP contribution in [0.15, 0.2) is 18.5 Å². The minimum absolute atomic E-state index is 0.233. The van der Waals surface area contributed by atoms with Crippen LogP contribution >= 0.6 is 0 Å². The number of anilines is 1. The minimum atomic E-state index is -0.612. The lowest BCUT2D eigenvalue weighted by Gasteiger charge is -2.09. The molecule has 1 rings (SSSR count). The number of amides is 3. The summed E-state index contributed by atoms with van der Waals surface area (Å²) in [6.45, 7) is 0.605. The van der Waals surface area contributed by atoms with Crippen molar-refractivity contribution < 1.29 is 9.59 Å². The number of urea groups is 1. The first-order valence-corrected chi connectivity index (χ1v) is 5.08. The van der Waals surface area contributed by atoms with Gasteiger partial charge in [-0.15, -0.1) is 0 Å². The summed E-state index contributed by atoms with van der Waals surface area (Å²) < 4.78 is 0. The maximum atomic E-state index is 11.7. The number of carbonyl (C=O) groups is 2. The smallest absolute Gasteiger partial charge is 0.312 e. The van der Waals surface area contributed by atoms with Gasteiger partial charge in [-0.1, -0.05) is 0 Å². The molecule has 0 aliphatic heterocycles. The van der Waals surface area contributed by atoms with E-state index in [9.17, 15) is 9.59 Å². The van der Waals surface area contributed by atoms with Crippen molar-refractivity contribution in [3.63, 3.8) is 0 Å². The number of nitrogens with one attached hydrogen (secondary N) is 3. The summed E-state index contributed by atoms with van der Waals surface area (Å²) in [5, 5.41) is 7.90. The van der Waals surface area contributed by atoms with E-state index in [0.717, 1.165) is 0 Å². The lowest BCUT2D eigenvalue weighted by atomic mass is 10.2. The standard InChI is InChI=1S/C10H15N5O2/c1-12-8-6-13-3-2-7(8)9(16)14-4-5-15-10(11)17/h2-3,6,12H,4-5H2,1H3,(H,14,16)(H3,11,15,17). The van der Waals surface area contributed by atoms with Crippen molar-refractivity contribution in [2.75, 3.05) is 25.5 Å². The third-order valence-electron chi connectivity index (χ3n) is 2.04. The lowest BCUT2D eigenvalue weighted by molar-refractivity contribution is 0.0954. The van der Waals surface area contributed by atoms with E-state index in [4.69, 9.17) is 5.73 Å². The molecule has 1 aromatic heterocycles. The van der Waals surface area contributed by atoms with Gasteiger partial charge in [-0.3, -0.25) is 9.78 Å². The summed E-state index contributed by atoms with van der Waals surface area (Å²) >= 11 is 0. The first-order chi connectivity index (χ1) is 8.15. The zero-order valence-corrected chi connectivity index (χ0v) is 9.49. The molecule has 0 fully saturated rings. The van der Waals surface area contributed by atoms with Gasteiger partial charge >= 0.3 is 6.03 Å². The van der Waals surface area contributed by atoms with Crippen molar-refractivity contribution in [3.8, 4) is 0 Å². The number of rotatable bonds is 5. The number of hydrogen-bond acceptors (Lipinski definition) is 4. The Labute approximate surface area is 98.8 Å². The highest BCUT2D eigenvalue weighted by Crippen LogP contribution is 2.11. The molecule has 0 bridgehead atoms. The van der Waals surface area contributed by atoms with Crippen molar-refractivity contribution in [3.05, 3.63) is 24.0 Å². The molecular formula is C10H15N5O2. The third-order valence-corrected chi connectivity index (χ3v) is 2.04. The van der Waals surface area contributed by atoms with E-state index < -0.39 is 6.03 Å². The normalized spacial score (nSPS) is 9.47. The highest BCUT2D eigenvalue weighted by Gasteiger charge is 2.09. The molecule has 0 spiro atoms. The number of pyridine rings is 1. The predicted molar refractivity (Wildman–Crippen MR) is 63.7 cm³/mol. The molecule has 0 aromatic carbocycles. The second kappa shape index (κ2) is 6.31. The second-order valence-electron chi connectivity index (χ2n) is 3.22. The summed E-state index contributed by atoms with van der Waals surface area (Å²) in [7, 11) is 1.71. The van der Waals surface area contributed by atoms with Gasteiger partial charge in [0, 0.05) is 26.3 Å². The number of nitrogens with two attached hydrogens (primary N) is 1. The van der Waals surface area contributed by atoms with Crippen molar-refractivity contribution in [2.24, 2.45) is 5.73 Å². The maximum absolute atomic E-state index is 11.7. The molecule has 92 valence electrons. The van der Waals surface area contributed by atoms with Crippen molar-refractivity contribution >= 4 is 17.6 Å². The summed E-state index contributed by atoms with van der Waals surface area (Å²) in [4.78, 5) is 26.0. The summed E-state index contributed by atoms with van der Waals surface area (Å²) in [6, 6.07) is 1.00. The summed E-state index contributed by atoms with van der Waals surface area (Å²) in [5.74, 6) is -0.233. The highest BCUT2D eigenvalue weighted by atomic mass is 16.2. The Morgan fingerprint density at radius 3 is 2.71 bits per heavy atom. The van der Waals surface area contributed by atoms with Gasteiger partial charge in [0.15, 0.2) is 0 Å². The van der Waals surface area contributed by atoms with Crippen LogP contribution in [0.4, 0.5) is 10.5 Å². The van der Waals surface area contributed by atoms with Gasteiger partial charge in [0.2, 0.25) is 0 Å². The van der Waals surface area contributed by atoms with Crippen molar-refractivity contribution in [1.29, 1.82) is 0 Å². The molecule has 1 heterocycles. The zero-order chi connectivity index (χ0) is 12.7. The molecule has 0 radical (unpaired) electrons. The monoisotopic (exact) mass is 237 g/mol.